The van der Waals surface area contributed by atoms with Gasteiger partial charge in [0.25, 0.3) is 0 Å². The first-order chi connectivity index (χ1) is 11.2. The van der Waals surface area contributed by atoms with Gasteiger partial charge in [0.15, 0.2) is 5.82 Å². The first-order valence-electron chi connectivity index (χ1n) is 7.58. The van der Waals surface area contributed by atoms with Gasteiger partial charge in [0, 0.05) is 11.6 Å². The van der Waals surface area contributed by atoms with Gasteiger partial charge < -0.3 is 10.1 Å². The monoisotopic (exact) mass is 313 g/mol. The van der Waals surface area contributed by atoms with E-state index in [-0.39, 0.29) is 11.8 Å². The van der Waals surface area contributed by atoms with Crippen molar-refractivity contribution in [2.45, 2.75) is 26.2 Å². The molecule has 120 valence electrons. The number of amides is 1. The van der Waals surface area contributed by atoms with E-state index in [9.17, 15) is 4.79 Å². The van der Waals surface area contributed by atoms with E-state index in [1.165, 1.54) is 0 Å². The summed E-state index contributed by atoms with van der Waals surface area (Å²) in [6.07, 6.45) is 6.82. The highest BCUT2D eigenvalue weighted by atomic mass is 16.5. The van der Waals surface area contributed by atoms with Crippen LogP contribution in [-0.2, 0) is 4.79 Å². The molecule has 1 heterocycles. The van der Waals surface area contributed by atoms with Crippen LogP contribution in [0.25, 0.3) is 5.69 Å². The molecular formula is C16H19N5O2. The Morgan fingerprint density at radius 1 is 1.39 bits per heavy atom. The number of carbonyl (C=O) groups is 1. The molecule has 0 aliphatic heterocycles. The van der Waals surface area contributed by atoms with Gasteiger partial charge in [-0.3, -0.25) is 4.79 Å². The summed E-state index contributed by atoms with van der Waals surface area (Å²) >= 11 is 0. The molecule has 7 heteroatoms. The van der Waals surface area contributed by atoms with E-state index in [0.717, 1.165) is 19.3 Å². The molecule has 1 N–H and O–H groups in total. The van der Waals surface area contributed by atoms with E-state index in [2.05, 4.69) is 33.0 Å². The van der Waals surface area contributed by atoms with E-state index in [4.69, 9.17) is 4.74 Å². The molecule has 0 saturated heterocycles. The molecular weight excluding hydrogens is 294 g/mol. The van der Waals surface area contributed by atoms with E-state index in [1.54, 1.807) is 24.8 Å². The summed E-state index contributed by atoms with van der Waals surface area (Å²) in [4.78, 5) is 12.4. The van der Waals surface area contributed by atoms with Gasteiger partial charge in [0.1, 0.15) is 11.4 Å². The quantitative estimate of drug-likeness (QED) is 0.876. The highest BCUT2D eigenvalue weighted by Gasteiger charge is 2.19. The van der Waals surface area contributed by atoms with Gasteiger partial charge in [-0.25, -0.2) is 0 Å². The van der Waals surface area contributed by atoms with Crippen LogP contribution in [-0.4, -0.2) is 33.2 Å². The van der Waals surface area contributed by atoms with Crippen LogP contribution in [0.3, 0.4) is 0 Å². The smallest absolute Gasteiger partial charge is 0.227 e. The third kappa shape index (κ3) is 3.23. The van der Waals surface area contributed by atoms with E-state index in [1.807, 2.05) is 12.1 Å². The number of methoxy groups -OCH3 is 1. The highest BCUT2D eigenvalue weighted by molar-refractivity contribution is 5.93. The standard InChI is InChI=1S/C16H19N5O2/c1-11-18-19-20-21(11)14-10-13(8-9-15(14)23-2)17-16(22)12-6-4-3-5-7-12/h3-4,8-10,12H,5-7H2,1-2H3,(H,17,22)/t12-/m0/s1. The Balaban J connectivity index is 1.85. The largest absolute Gasteiger partial charge is 0.494 e. The lowest BCUT2D eigenvalue weighted by Gasteiger charge is -2.18. The first-order valence-corrected chi connectivity index (χ1v) is 7.58. The maximum absolute atomic E-state index is 12.4. The van der Waals surface area contributed by atoms with Gasteiger partial charge in [0.2, 0.25) is 5.91 Å². The molecule has 23 heavy (non-hydrogen) atoms. The van der Waals surface area contributed by atoms with E-state index < -0.39 is 0 Å². The van der Waals surface area contributed by atoms with Crippen molar-refractivity contribution >= 4 is 11.6 Å². The SMILES string of the molecule is COc1ccc(NC(=O)[C@H]2CC=CCC2)cc1-n1nnnc1C. The fourth-order valence-electron chi connectivity index (χ4n) is 2.66. The summed E-state index contributed by atoms with van der Waals surface area (Å²) < 4.78 is 6.94. The van der Waals surface area contributed by atoms with Crippen molar-refractivity contribution in [1.29, 1.82) is 0 Å². The summed E-state index contributed by atoms with van der Waals surface area (Å²) in [5, 5.41) is 14.5. The number of allylic oxidation sites excluding steroid dienone is 2. The van der Waals surface area contributed by atoms with E-state index >= 15 is 0 Å². The normalized spacial score (nSPS) is 17.0. The lowest BCUT2D eigenvalue weighted by molar-refractivity contribution is -0.120. The molecule has 2 aromatic rings. The summed E-state index contributed by atoms with van der Waals surface area (Å²) in [5.74, 6) is 1.35. The average molecular weight is 313 g/mol. The molecule has 0 saturated carbocycles. The molecule has 1 atom stereocenters. The number of carbonyl (C=O) groups excluding carboxylic acids is 1. The van der Waals surface area contributed by atoms with E-state index in [0.29, 0.717) is 22.9 Å². The Morgan fingerprint density at radius 2 is 2.26 bits per heavy atom. The molecule has 0 fully saturated rings. The summed E-state index contributed by atoms with van der Waals surface area (Å²) in [5.41, 5.74) is 1.39. The number of aryl methyl sites for hydroxylation is 1. The van der Waals surface area contributed by atoms with Crippen molar-refractivity contribution in [2.24, 2.45) is 5.92 Å². The molecule has 1 amide bonds. The zero-order chi connectivity index (χ0) is 16.2. The van der Waals surface area contributed by atoms with Gasteiger partial charge in [-0.2, -0.15) is 4.68 Å². The molecule has 0 spiro atoms. The molecule has 3 rings (SSSR count). The Bertz CT molecular complexity index is 738. The minimum atomic E-state index is 0.0281. The average Bonchev–Trinajstić information content (AvgIpc) is 3.01. The summed E-state index contributed by atoms with van der Waals surface area (Å²) in [6, 6.07) is 5.43. The third-order valence-electron chi connectivity index (χ3n) is 3.94. The lowest BCUT2D eigenvalue weighted by atomic mass is 9.93. The number of hydrogen-bond acceptors (Lipinski definition) is 5. The molecule has 1 aliphatic carbocycles. The zero-order valence-electron chi connectivity index (χ0n) is 13.2. The number of tetrazole rings is 1. The van der Waals surface area contributed by atoms with Crippen molar-refractivity contribution in [1.82, 2.24) is 20.2 Å². The second-order valence-corrected chi connectivity index (χ2v) is 5.50. The molecule has 1 aromatic heterocycles. The maximum atomic E-state index is 12.4. The van der Waals surface area contributed by atoms with Crippen LogP contribution in [0.15, 0.2) is 30.4 Å². The highest BCUT2D eigenvalue weighted by Crippen LogP contribution is 2.27. The fourth-order valence-corrected chi connectivity index (χ4v) is 2.66. The molecule has 7 nitrogen and oxygen atoms in total. The van der Waals surface area contributed by atoms with Gasteiger partial charge in [-0.15, -0.1) is 5.10 Å². The van der Waals surface area contributed by atoms with Crippen LogP contribution in [0, 0.1) is 12.8 Å². The van der Waals surface area contributed by atoms with Crippen LogP contribution >= 0.6 is 0 Å². The number of ether oxygens (including phenoxy) is 1. The second kappa shape index (κ2) is 6.60. The molecule has 1 aliphatic rings. The predicted octanol–water partition coefficient (Wildman–Crippen LogP) is 2.27. The zero-order valence-corrected chi connectivity index (χ0v) is 13.2. The van der Waals surface area contributed by atoms with Gasteiger partial charge in [0.05, 0.1) is 7.11 Å². The minimum Gasteiger partial charge on any atom is -0.494 e. The second-order valence-electron chi connectivity index (χ2n) is 5.50. The number of hydrogen-bond donors (Lipinski definition) is 1. The van der Waals surface area contributed by atoms with Crippen LogP contribution in [0.2, 0.25) is 0 Å². The van der Waals surface area contributed by atoms with Crippen molar-refractivity contribution in [3.05, 3.63) is 36.2 Å². The molecule has 0 bridgehead atoms. The van der Waals surface area contributed by atoms with Gasteiger partial charge >= 0.3 is 0 Å². The Morgan fingerprint density at radius 3 is 2.91 bits per heavy atom. The Hall–Kier alpha value is -2.70. The minimum absolute atomic E-state index is 0.0281. The number of aromatic nitrogens is 4. The number of benzene rings is 1. The van der Waals surface area contributed by atoms with Crippen molar-refractivity contribution in [2.75, 3.05) is 12.4 Å². The molecule has 0 unspecified atom stereocenters. The summed E-state index contributed by atoms with van der Waals surface area (Å²) in [7, 11) is 1.59. The fraction of sp³-hybridized carbons (Fsp3) is 0.375. The number of anilines is 1. The summed E-state index contributed by atoms with van der Waals surface area (Å²) in [6.45, 7) is 1.80. The van der Waals surface area contributed by atoms with Crippen LogP contribution < -0.4 is 10.1 Å². The first kappa shape index (κ1) is 15.2. The topological polar surface area (TPSA) is 81.9 Å². The Labute approximate surface area is 134 Å². The lowest BCUT2D eigenvalue weighted by Crippen LogP contribution is -2.23. The van der Waals surface area contributed by atoms with Crippen molar-refractivity contribution in [3.63, 3.8) is 0 Å². The molecule has 0 radical (unpaired) electrons. The van der Waals surface area contributed by atoms with Crippen LogP contribution in [0.5, 0.6) is 5.75 Å². The third-order valence-corrected chi connectivity index (χ3v) is 3.94. The number of nitrogens with zero attached hydrogens (tertiary/aromatic N) is 4. The molecule has 1 aromatic carbocycles. The van der Waals surface area contributed by atoms with Gasteiger partial charge in [-0.1, -0.05) is 12.2 Å². The predicted molar refractivity (Wildman–Crippen MR) is 85.6 cm³/mol. The maximum Gasteiger partial charge on any atom is 0.227 e. The number of rotatable bonds is 4. The Kier molecular flexibility index (Phi) is 4.36. The van der Waals surface area contributed by atoms with Gasteiger partial charge in [-0.05, 0) is 54.8 Å². The number of nitrogens with one attached hydrogen (secondary N) is 1. The van der Waals surface area contributed by atoms with Crippen LogP contribution in [0.4, 0.5) is 5.69 Å². The van der Waals surface area contributed by atoms with Crippen molar-refractivity contribution in [3.8, 4) is 11.4 Å². The van der Waals surface area contributed by atoms with Crippen LogP contribution in [0.1, 0.15) is 25.1 Å². The van der Waals surface area contributed by atoms with Crippen molar-refractivity contribution < 1.29 is 9.53 Å².